The highest BCUT2D eigenvalue weighted by Gasteiger charge is 2.57. The van der Waals surface area contributed by atoms with Crippen LogP contribution in [0, 0.1) is 0 Å². The Morgan fingerprint density at radius 2 is 1.38 bits per heavy atom. The van der Waals surface area contributed by atoms with Gasteiger partial charge in [-0.2, -0.15) is 39.0 Å². The minimum atomic E-state index is -5.43. The minimum Gasteiger partial charge on any atom is -0.360 e. The molecule has 1 nitrogen and oxygen atoms in total. The zero-order valence-corrected chi connectivity index (χ0v) is 7.01. The lowest BCUT2D eigenvalue weighted by Gasteiger charge is -2.22. The van der Waals surface area contributed by atoms with E-state index in [9.17, 15) is 26.3 Å². The SMILES string of the molecule is FC(F)(F)C(OCCS)C(F)(F)F. The standard InChI is InChI=1S/C5H6F6OS/c6-4(7,8)3(5(9,10)11)12-1-2-13/h3,13H,1-2H2. The van der Waals surface area contributed by atoms with Gasteiger partial charge in [0.15, 0.2) is 0 Å². The van der Waals surface area contributed by atoms with E-state index in [-0.39, 0.29) is 5.75 Å². The van der Waals surface area contributed by atoms with Crippen molar-refractivity contribution in [3.05, 3.63) is 0 Å². The summed E-state index contributed by atoms with van der Waals surface area (Å²) in [6, 6.07) is 0. The molecule has 0 bridgehead atoms. The molecule has 0 saturated carbocycles. The summed E-state index contributed by atoms with van der Waals surface area (Å²) in [5.74, 6) is -0.206. The molecule has 0 N–H and O–H groups in total. The number of hydrogen-bond acceptors (Lipinski definition) is 2. The molecule has 0 aromatic carbocycles. The fraction of sp³-hybridized carbons (Fsp3) is 1.00. The van der Waals surface area contributed by atoms with Gasteiger partial charge in [-0.25, -0.2) is 0 Å². The highest BCUT2D eigenvalue weighted by atomic mass is 32.1. The lowest BCUT2D eigenvalue weighted by molar-refractivity contribution is -0.320. The summed E-state index contributed by atoms with van der Waals surface area (Å²) in [6.45, 7) is -0.702. The molecule has 0 aromatic rings. The zero-order valence-electron chi connectivity index (χ0n) is 6.11. The second-order valence-corrected chi connectivity index (χ2v) is 2.50. The predicted molar refractivity (Wildman–Crippen MR) is 35.7 cm³/mol. The average molecular weight is 228 g/mol. The maximum Gasteiger partial charge on any atom is 0.423 e. The van der Waals surface area contributed by atoms with Crippen molar-refractivity contribution in [3.8, 4) is 0 Å². The Morgan fingerprint density at radius 3 is 1.62 bits per heavy atom. The highest BCUT2D eigenvalue weighted by Crippen LogP contribution is 2.35. The Labute approximate surface area is 75.5 Å². The first-order chi connectivity index (χ1) is 5.69. The first-order valence-corrected chi connectivity index (χ1v) is 3.68. The van der Waals surface area contributed by atoms with E-state index in [1.54, 1.807) is 0 Å². The van der Waals surface area contributed by atoms with E-state index >= 15 is 0 Å². The van der Waals surface area contributed by atoms with Crippen molar-refractivity contribution in [1.29, 1.82) is 0 Å². The monoisotopic (exact) mass is 228 g/mol. The second kappa shape index (κ2) is 4.41. The summed E-state index contributed by atoms with van der Waals surface area (Å²) < 4.78 is 73.6. The molecule has 0 rings (SSSR count). The highest BCUT2D eigenvalue weighted by molar-refractivity contribution is 7.80. The lowest BCUT2D eigenvalue weighted by atomic mass is 10.3. The van der Waals surface area contributed by atoms with Crippen molar-refractivity contribution in [2.45, 2.75) is 18.5 Å². The number of alkyl halides is 6. The van der Waals surface area contributed by atoms with Crippen LogP contribution in [0.3, 0.4) is 0 Å². The van der Waals surface area contributed by atoms with Gasteiger partial charge in [0.25, 0.3) is 0 Å². The van der Waals surface area contributed by atoms with Gasteiger partial charge in [-0.15, -0.1) is 0 Å². The Balaban J connectivity index is 4.39. The van der Waals surface area contributed by atoms with Crippen LogP contribution in [0.2, 0.25) is 0 Å². The summed E-state index contributed by atoms with van der Waals surface area (Å²) >= 11 is 3.43. The molecule has 0 aromatic heterocycles. The fourth-order valence-corrected chi connectivity index (χ4v) is 0.651. The normalized spacial score (nSPS) is 13.8. The maximum atomic E-state index is 11.7. The topological polar surface area (TPSA) is 9.23 Å². The van der Waals surface area contributed by atoms with E-state index in [2.05, 4.69) is 17.4 Å². The van der Waals surface area contributed by atoms with E-state index < -0.39 is 25.1 Å². The van der Waals surface area contributed by atoms with Crippen LogP contribution >= 0.6 is 12.6 Å². The van der Waals surface area contributed by atoms with E-state index in [0.717, 1.165) is 0 Å². The van der Waals surface area contributed by atoms with Crippen LogP contribution in [0.4, 0.5) is 26.3 Å². The first-order valence-electron chi connectivity index (χ1n) is 3.05. The summed E-state index contributed by atoms with van der Waals surface area (Å²) in [7, 11) is 0. The van der Waals surface area contributed by atoms with Crippen LogP contribution in [0.15, 0.2) is 0 Å². The van der Waals surface area contributed by atoms with Crippen molar-refractivity contribution >= 4 is 12.6 Å². The molecule has 13 heavy (non-hydrogen) atoms. The number of ether oxygens (including phenoxy) is 1. The quantitative estimate of drug-likeness (QED) is 0.576. The van der Waals surface area contributed by atoms with Gasteiger partial charge in [0.05, 0.1) is 6.61 Å². The Morgan fingerprint density at radius 1 is 1.00 bits per heavy atom. The van der Waals surface area contributed by atoms with Gasteiger partial charge in [-0.05, 0) is 0 Å². The zero-order chi connectivity index (χ0) is 10.7. The Hall–Kier alpha value is -0.110. The summed E-state index contributed by atoms with van der Waals surface area (Å²) in [6.07, 6.45) is -14.6. The van der Waals surface area contributed by atoms with Crippen molar-refractivity contribution in [1.82, 2.24) is 0 Å². The molecule has 0 heterocycles. The van der Waals surface area contributed by atoms with E-state index in [4.69, 9.17) is 0 Å². The molecule has 0 amide bonds. The summed E-state index contributed by atoms with van der Waals surface area (Å²) in [5, 5.41) is 0. The van der Waals surface area contributed by atoms with Gasteiger partial charge in [0, 0.05) is 5.75 Å². The van der Waals surface area contributed by atoms with Gasteiger partial charge in [-0.3, -0.25) is 0 Å². The smallest absolute Gasteiger partial charge is 0.360 e. The summed E-state index contributed by atoms with van der Waals surface area (Å²) in [4.78, 5) is 0. The average Bonchev–Trinajstić information content (AvgIpc) is 1.81. The third kappa shape index (κ3) is 4.61. The number of rotatable bonds is 3. The van der Waals surface area contributed by atoms with Crippen LogP contribution in [0.1, 0.15) is 0 Å². The molecule has 0 fully saturated rings. The Kier molecular flexibility index (Phi) is 4.37. The predicted octanol–water partition coefficient (Wildman–Crippen LogP) is 2.43. The van der Waals surface area contributed by atoms with Gasteiger partial charge < -0.3 is 4.74 Å². The van der Waals surface area contributed by atoms with Crippen LogP contribution in [-0.4, -0.2) is 30.8 Å². The Bertz CT molecular complexity index is 138. The number of halogens is 6. The van der Waals surface area contributed by atoms with Gasteiger partial charge in [-0.1, -0.05) is 0 Å². The molecule has 80 valence electrons. The third-order valence-corrected chi connectivity index (χ3v) is 1.15. The largest absolute Gasteiger partial charge is 0.423 e. The van der Waals surface area contributed by atoms with Gasteiger partial charge in [0.1, 0.15) is 0 Å². The molecule has 0 aliphatic rings. The van der Waals surface area contributed by atoms with Crippen molar-refractivity contribution in [2.75, 3.05) is 12.4 Å². The van der Waals surface area contributed by atoms with E-state index in [1.807, 2.05) is 0 Å². The van der Waals surface area contributed by atoms with Gasteiger partial charge in [0.2, 0.25) is 6.10 Å². The maximum absolute atomic E-state index is 11.7. The fourth-order valence-electron chi connectivity index (χ4n) is 0.545. The number of hydrogen-bond donors (Lipinski definition) is 1. The first kappa shape index (κ1) is 12.9. The van der Waals surface area contributed by atoms with E-state index in [0.29, 0.717) is 0 Å². The third-order valence-electron chi connectivity index (χ3n) is 0.970. The molecule has 0 saturated heterocycles. The molecule has 0 aliphatic heterocycles. The minimum absolute atomic E-state index is 0.206. The second-order valence-electron chi connectivity index (χ2n) is 2.06. The van der Waals surface area contributed by atoms with Gasteiger partial charge >= 0.3 is 12.4 Å². The lowest BCUT2D eigenvalue weighted by Crippen LogP contribution is -2.44. The molecule has 0 aliphatic carbocycles. The van der Waals surface area contributed by atoms with Crippen LogP contribution < -0.4 is 0 Å². The van der Waals surface area contributed by atoms with Crippen LogP contribution in [0.5, 0.6) is 0 Å². The molecular formula is C5H6F6OS. The van der Waals surface area contributed by atoms with Crippen molar-refractivity contribution in [3.63, 3.8) is 0 Å². The van der Waals surface area contributed by atoms with Crippen LogP contribution in [-0.2, 0) is 4.74 Å². The van der Waals surface area contributed by atoms with Crippen molar-refractivity contribution in [2.24, 2.45) is 0 Å². The summed E-state index contributed by atoms with van der Waals surface area (Å²) in [5.41, 5.74) is 0. The molecular weight excluding hydrogens is 222 g/mol. The number of thiol groups is 1. The van der Waals surface area contributed by atoms with Crippen LogP contribution in [0.25, 0.3) is 0 Å². The van der Waals surface area contributed by atoms with Crippen molar-refractivity contribution < 1.29 is 31.1 Å². The molecule has 0 atom stereocenters. The molecule has 0 spiro atoms. The molecule has 0 unspecified atom stereocenters. The molecule has 8 heteroatoms. The van der Waals surface area contributed by atoms with E-state index in [1.165, 1.54) is 0 Å². The molecule has 0 radical (unpaired) electrons.